The molecule has 11 heteroatoms. The highest BCUT2D eigenvalue weighted by Crippen LogP contribution is 2.41. The van der Waals surface area contributed by atoms with Gasteiger partial charge in [-0.2, -0.15) is 18.4 Å². The Morgan fingerprint density at radius 3 is 2.46 bits per heavy atom. The summed E-state index contributed by atoms with van der Waals surface area (Å²) in [6, 6.07) is 4.93. The first-order chi connectivity index (χ1) is 12.0. The number of halogens is 3. The minimum atomic E-state index is -4.81. The van der Waals surface area contributed by atoms with Gasteiger partial charge in [-0.25, -0.2) is 0 Å². The van der Waals surface area contributed by atoms with Gasteiger partial charge in [-0.1, -0.05) is 0 Å². The maximum Gasteiger partial charge on any atom is 0.418 e. The minimum Gasteiger partial charge on any atom is -0.506 e. The molecule has 2 rings (SSSR count). The zero-order chi connectivity index (χ0) is 19.6. The van der Waals surface area contributed by atoms with Gasteiger partial charge in [0.2, 0.25) is 0 Å². The Balaban J connectivity index is 2.60. The lowest BCUT2D eigenvalue weighted by molar-refractivity contribution is -0.384. The minimum absolute atomic E-state index is 0.123. The maximum absolute atomic E-state index is 13.1. The summed E-state index contributed by atoms with van der Waals surface area (Å²) in [5.74, 6) is -0.618. The molecular weight excluding hydrogens is 355 g/mol. The van der Waals surface area contributed by atoms with Gasteiger partial charge in [-0.05, 0) is 18.6 Å². The lowest BCUT2D eigenvalue weighted by atomic mass is 10.1. The number of nitrogen functional groups attached to an aromatic ring is 1. The second kappa shape index (κ2) is 6.67. The van der Waals surface area contributed by atoms with Gasteiger partial charge in [0, 0.05) is 18.2 Å². The third-order valence-corrected chi connectivity index (χ3v) is 3.32. The number of nitrogens with two attached hydrogens (primary N) is 1. The Kier molecular flexibility index (Phi) is 4.79. The Morgan fingerprint density at radius 1 is 1.27 bits per heavy atom. The molecule has 0 aliphatic carbocycles. The molecule has 0 saturated heterocycles. The van der Waals surface area contributed by atoms with E-state index in [-0.39, 0.29) is 22.5 Å². The summed E-state index contributed by atoms with van der Waals surface area (Å²) < 4.78 is 39.3. The van der Waals surface area contributed by atoms with Gasteiger partial charge in [-0.3, -0.25) is 10.1 Å². The lowest BCUT2D eigenvalue weighted by Crippen LogP contribution is -2.06. The summed E-state index contributed by atoms with van der Waals surface area (Å²) >= 11 is 0. The van der Waals surface area contributed by atoms with E-state index in [1.165, 1.54) is 6.92 Å². The first-order valence-electron chi connectivity index (χ1n) is 6.85. The number of nitrogens with zero attached hydrogens (tertiary/aromatic N) is 4. The van der Waals surface area contributed by atoms with Crippen molar-refractivity contribution in [3.63, 3.8) is 0 Å². The van der Waals surface area contributed by atoms with Crippen LogP contribution in [0.1, 0.15) is 16.7 Å². The van der Waals surface area contributed by atoms with Crippen molar-refractivity contribution in [2.24, 2.45) is 10.2 Å². The molecule has 0 atom stereocenters. The average Bonchev–Trinajstić information content (AvgIpc) is 2.54. The Bertz CT molecular complexity index is 964. The molecule has 26 heavy (non-hydrogen) atoms. The van der Waals surface area contributed by atoms with Crippen LogP contribution in [0.25, 0.3) is 0 Å². The van der Waals surface area contributed by atoms with Crippen LogP contribution in [0, 0.1) is 28.4 Å². The van der Waals surface area contributed by atoms with Gasteiger partial charge in [0.15, 0.2) is 0 Å². The largest absolute Gasteiger partial charge is 0.506 e. The highest BCUT2D eigenvalue weighted by Gasteiger charge is 2.34. The van der Waals surface area contributed by atoms with Gasteiger partial charge < -0.3 is 10.8 Å². The zero-order valence-corrected chi connectivity index (χ0v) is 13.1. The highest BCUT2D eigenvalue weighted by atomic mass is 19.4. The number of alkyl halides is 3. The molecule has 2 aromatic rings. The number of nitro groups is 1. The van der Waals surface area contributed by atoms with E-state index in [1.54, 1.807) is 6.07 Å². The summed E-state index contributed by atoms with van der Waals surface area (Å²) in [7, 11) is 0. The van der Waals surface area contributed by atoms with E-state index in [4.69, 9.17) is 11.0 Å². The van der Waals surface area contributed by atoms with Crippen LogP contribution < -0.4 is 5.73 Å². The van der Waals surface area contributed by atoms with Gasteiger partial charge in [0.25, 0.3) is 5.69 Å². The van der Waals surface area contributed by atoms with E-state index in [2.05, 4.69) is 10.2 Å². The van der Waals surface area contributed by atoms with Crippen LogP contribution in [0.5, 0.6) is 5.75 Å². The molecule has 0 aliphatic rings. The molecule has 0 aromatic heterocycles. The molecule has 0 aliphatic heterocycles. The zero-order valence-electron chi connectivity index (χ0n) is 13.1. The molecule has 0 spiro atoms. The number of hydrogen-bond donors (Lipinski definition) is 2. The van der Waals surface area contributed by atoms with Crippen molar-refractivity contribution in [2.75, 3.05) is 5.73 Å². The number of azo groups is 1. The smallest absolute Gasteiger partial charge is 0.418 e. The van der Waals surface area contributed by atoms with Gasteiger partial charge in [0.05, 0.1) is 21.7 Å². The first kappa shape index (κ1) is 18.7. The summed E-state index contributed by atoms with van der Waals surface area (Å²) in [6.07, 6.45) is -4.81. The molecule has 0 unspecified atom stereocenters. The Hall–Kier alpha value is -3.68. The summed E-state index contributed by atoms with van der Waals surface area (Å²) in [5.41, 5.74) is 2.31. The molecule has 0 radical (unpaired) electrons. The number of benzene rings is 2. The van der Waals surface area contributed by atoms with E-state index >= 15 is 0 Å². The van der Waals surface area contributed by atoms with Crippen molar-refractivity contribution >= 4 is 22.7 Å². The number of phenolic OH excluding ortho intramolecular Hbond substituents is 1. The SMILES string of the molecule is Cc1cc([N+](=O)[O-])cc(C#N)c1N=Nc1cc(O)c(N)cc1C(F)(F)F. The van der Waals surface area contributed by atoms with Gasteiger partial charge in [-0.15, -0.1) is 10.2 Å². The third kappa shape index (κ3) is 3.69. The molecule has 2 aromatic carbocycles. The summed E-state index contributed by atoms with van der Waals surface area (Å²) in [4.78, 5) is 10.1. The highest BCUT2D eigenvalue weighted by molar-refractivity contribution is 5.65. The second-order valence-corrected chi connectivity index (χ2v) is 5.15. The van der Waals surface area contributed by atoms with E-state index in [9.17, 15) is 28.4 Å². The standard InChI is InChI=1S/C15H10F3N5O3/c1-7-2-9(23(25)26)3-8(6-19)14(7)22-21-12-5-13(24)11(20)4-10(12)15(16,17)18/h2-5,24H,20H2,1H3. The quantitative estimate of drug-likeness (QED) is 0.271. The number of non-ortho nitro benzene ring substituents is 1. The number of anilines is 1. The van der Waals surface area contributed by atoms with Gasteiger partial charge >= 0.3 is 6.18 Å². The molecule has 0 bridgehead atoms. The number of rotatable bonds is 3. The van der Waals surface area contributed by atoms with Crippen molar-refractivity contribution < 1.29 is 23.2 Å². The van der Waals surface area contributed by atoms with E-state index in [0.29, 0.717) is 12.1 Å². The second-order valence-electron chi connectivity index (χ2n) is 5.15. The molecule has 8 nitrogen and oxygen atoms in total. The van der Waals surface area contributed by atoms with Crippen LogP contribution in [0.2, 0.25) is 0 Å². The van der Waals surface area contributed by atoms with Crippen molar-refractivity contribution in [3.05, 3.63) is 51.1 Å². The van der Waals surface area contributed by atoms with Crippen molar-refractivity contribution in [3.8, 4) is 11.8 Å². The fraction of sp³-hybridized carbons (Fsp3) is 0.133. The molecule has 134 valence electrons. The van der Waals surface area contributed by atoms with Crippen LogP contribution in [0.3, 0.4) is 0 Å². The fourth-order valence-corrected chi connectivity index (χ4v) is 2.09. The predicted molar refractivity (Wildman–Crippen MR) is 84.2 cm³/mol. The van der Waals surface area contributed by atoms with Gasteiger partial charge in [0.1, 0.15) is 23.2 Å². The van der Waals surface area contributed by atoms with E-state index < -0.39 is 33.8 Å². The molecule has 0 heterocycles. The number of aromatic hydroxyl groups is 1. The molecule has 0 amide bonds. The topological polar surface area (TPSA) is 138 Å². The van der Waals surface area contributed by atoms with Crippen molar-refractivity contribution in [1.29, 1.82) is 5.26 Å². The number of hydrogen-bond acceptors (Lipinski definition) is 7. The molecule has 0 fully saturated rings. The monoisotopic (exact) mass is 365 g/mol. The summed E-state index contributed by atoms with van der Waals surface area (Å²) in [6.45, 7) is 1.40. The normalized spacial score (nSPS) is 11.5. The molecule has 3 N–H and O–H groups in total. The molecule has 0 saturated carbocycles. The third-order valence-electron chi connectivity index (χ3n) is 3.32. The van der Waals surface area contributed by atoms with E-state index in [1.807, 2.05) is 0 Å². The maximum atomic E-state index is 13.1. The number of nitriles is 1. The molecular formula is C15H10F3N5O3. The van der Waals surface area contributed by atoms with E-state index in [0.717, 1.165) is 12.1 Å². The van der Waals surface area contributed by atoms with Crippen LogP contribution >= 0.6 is 0 Å². The van der Waals surface area contributed by atoms with Crippen LogP contribution in [0.4, 0.5) is 35.9 Å². The average molecular weight is 365 g/mol. The van der Waals surface area contributed by atoms with Crippen molar-refractivity contribution in [1.82, 2.24) is 0 Å². The fourth-order valence-electron chi connectivity index (χ4n) is 2.09. The Morgan fingerprint density at radius 2 is 1.92 bits per heavy atom. The first-order valence-corrected chi connectivity index (χ1v) is 6.85. The Labute approximate surface area is 144 Å². The number of aryl methyl sites for hydroxylation is 1. The number of phenols is 1. The lowest BCUT2D eigenvalue weighted by Gasteiger charge is -2.11. The van der Waals surface area contributed by atoms with Crippen LogP contribution in [0.15, 0.2) is 34.5 Å². The summed E-state index contributed by atoms with van der Waals surface area (Å²) in [5, 5.41) is 36.5. The van der Waals surface area contributed by atoms with Crippen LogP contribution in [-0.2, 0) is 6.18 Å². The van der Waals surface area contributed by atoms with Crippen LogP contribution in [-0.4, -0.2) is 10.0 Å². The number of nitro benzene ring substituents is 1. The predicted octanol–water partition coefficient (Wildman–Crippen LogP) is 4.50. The van der Waals surface area contributed by atoms with Crippen molar-refractivity contribution in [2.45, 2.75) is 13.1 Å².